The maximum atomic E-state index is 12.0. The first-order chi connectivity index (χ1) is 9.42. The molecule has 0 aromatic rings. The molecule has 1 atom stereocenters. The minimum Gasteiger partial charge on any atom is -0.383 e. The molecule has 0 aliphatic rings. The first kappa shape index (κ1) is 19.0. The molecule has 1 amide bonds. The van der Waals surface area contributed by atoms with Crippen molar-refractivity contribution in [3.63, 3.8) is 0 Å². The third-order valence-corrected chi connectivity index (χ3v) is 3.01. The molecule has 0 aromatic carbocycles. The van der Waals surface area contributed by atoms with Crippen molar-refractivity contribution in [1.82, 2.24) is 10.2 Å². The smallest absolute Gasteiger partial charge is 0.234 e. The third-order valence-electron chi connectivity index (χ3n) is 3.01. The average Bonchev–Trinajstić information content (AvgIpc) is 2.38. The van der Waals surface area contributed by atoms with Gasteiger partial charge in [-0.2, -0.15) is 0 Å². The molecule has 0 aromatic heterocycles. The van der Waals surface area contributed by atoms with Crippen molar-refractivity contribution in [3.05, 3.63) is 0 Å². The maximum absolute atomic E-state index is 12.0. The summed E-state index contributed by atoms with van der Waals surface area (Å²) in [4.78, 5) is 25.4. The van der Waals surface area contributed by atoms with Gasteiger partial charge in [0.05, 0.1) is 25.8 Å². The van der Waals surface area contributed by atoms with Gasteiger partial charge in [-0.1, -0.05) is 13.8 Å². The Morgan fingerprint density at radius 1 is 1.10 bits per heavy atom. The lowest BCUT2D eigenvalue weighted by Gasteiger charge is -2.24. The molecular weight excluding hydrogens is 260 g/mol. The molecule has 0 heterocycles. The summed E-state index contributed by atoms with van der Waals surface area (Å²) < 4.78 is 10.0. The molecule has 6 heteroatoms. The van der Waals surface area contributed by atoms with Gasteiger partial charge < -0.3 is 14.8 Å². The minimum atomic E-state index is -0.422. The lowest BCUT2D eigenvalue weighted by atomic mass is 10.0. The van der Waals surface area contributed by atoms with E-state index in [4.69, 9.17) is 9.47 Å². The molecule has 0 saturated carbocycles. The number of carbonyl (C=O) groups is 2. The Balaban J connectivity index is 4.37. The van der Waals surface area contributed by atoms with Crippen LogP contribution >= 0.6 is 0 Å². The van der Waals surface area contributed by atoms with Crippen molar-refractivity contribution < 1.29 is 19.1 Å². The largest absolute Gasteiger partial charge is 0.383 e. The monoisotopic (exact) mass is 288 g/mol. The van der Waals surface area contributed by atoms with E-state index in [9.17, 15) is 9.59 Å². The van der Waals surface area contributed by atoms with E-state index in [1.165, 1.54) is 6.92 Å². The summed E-state index contributed by atoms with van der Waals surface area (Å²) in [6.07, 6.45) is 0. The van der Waals surface area contributed by atoms with E-state index in [1.54, 1.807) is 14.2 Å². The summed E-state index contributed by atoms with van der Waals surface area (Å²) in [5, 5.41) is 2.79. The Morgan fingerprint density at radius 3 is 1.95 bits per heavy atom. The van der Waals surface area contributed by atoms with Crippen molar-refractivity contribution in [2.24, 2.45) is 5.92 Å². The highest BCUT2D eigenvalue weighted by atomic mass is 16.5. The van der Waals surface area contributed by atoms with E-state index >= 15 is 0 Å². The topological polar surface area (TPSA) is 67.9 Å². The van der Waals surface area contributed by atoms with Crippen LogP contribution < -0.4 is 5.32 Å². The molecule has 118 valence electrons. The second-order valence-electron chi connectivity index (χ2n) is 5.16. The number of Topliss-reactive ketones (excluding diaryl/α,β-unsaturated/α-hetero) is 1. The van der Waals surface area contributed by atoms with Crippen LogP contribution in [-0.4, -0.2) is 69.7 Å². The van der Waals surface area contributed by atoms with Crippen LogP contribution in [0.1, 0.15) is 20.8 Å². The van der Waals surface area contributed by atoms with Crippen LogP contribution in [0.3, 0.4) is 0 Å². The molecule has 0 aliphatic carbocycles. The van der Waals surface area contributed by atoms with Crippen LogP contribution in [0.25, 0.3) is 0 Å². The van der Waals surface area contributed by atoms with E-state index in [1.807, 2.05) is 18.7 Å². The number of hydrogen-bond acceptors (Lipinski definition) is 5. The van der Waals surface area contributed by atoms with Gasteiger partial charge in [-0.3, -0.25) is 14.5 Å². The Bertz CT molecular complexity index is 287. The zero-order chi connectivity index (χ0) is 15.5. The molecule has 0 rings (SSSR count). The summed E-state index contributed by atoms with van der Waals surface area (Å²) in [6, 6.07) is -0.422. The van der Waals surface area contributed by atoms with Crippen LogP contribution in [0.4, 0.5) is 0 Å². The van der Waals surface area contributed by atoms with Crippen molar-refractivity contribution in [3.8, 4) is 0 Å². The third kappa shape index (κ3) is 8.24. The molecule has 20 heavy (non-hydrogen) atoms. The number of ether oxygens (including phenoxy) is 2. The van der Waals surface area contributed by atoms with Crippen LogP contribution in [0, 0.1) is 5.92 Å². The molecule has 0 aliphatic heterocycles. The Hall–Kier alpha value is -0.980. The number of ketones is 1. The standard InChI is InChI=1S/C14H28N2O4/c1-11(2)14(12(3)17)15-13(18)10-16(6-8-19-4)7-9-20-5/h11,14H,6-10H2,1-5H3,(H,15,18). The van der Waals surface area contributed by atoms with Crippen molar-refractivity contribution in [2.75, 3.05) is 47.1 Å². The average molecular weight is 288 g/mol. The fourth-order valence-electron chi connectivity index (χ4n) is 1.87. The highest BCUT2D eigenvalue weighted by Crippen LogP contribution is 2.02. The van der Waals surface area contributed by atoms with Crippen molar-refractivity contribution >= 4 is 11.7 Å². The fraction of sp³-hybridized carbons (Fsp3) is 0.857. The van der Waals surface area contributed by atoms with E-state index in [2.05, 4.69) is 5.32 Å². The quantitative estimate of drug-likeness (QED) is 0.593. The first-order valence-electron chi connectivity index (χ1n) is 6.92. The Labute approximate surface area is 121 Å². The molecule has 0 saturated heterocycles. The minimum absolute atomic E-state index is 0.0197. The molecule has 1 unspecified atom stereocenters. The van der Waals surface area contributed by atoms with Gasteiger partial charge in [0.15, 0.2) is 5.78 Å². The SMILES string of the molecule is COCCN(CCOC)CC(=O)NC(C(C)=O)C(C)C. The van der Waals surface area contributed by atoms with E-state index in [0.717, 1.165) is 0 Å². The lowest BCUT2D eigenvalue weighted by molar-refractivity contribution is -0.128. The first-order valence-corrected chi connectivity index (χ1v) is 6.92. The normalized spacial score (nSPS) is 12.8. The van der Waals surface area contributed by atoms with Crippen molar-refractivity contribution in [2.45, 2.75) is 26.8 Å². The number of methoxy groups -OCH3 is 2. The fourth-order valence-corrected chi connectivity index (χ4v) is 1.87. The molecule has 0 radical (unpaired) electrons. The van der Waals surface area contributed by atoms with Gasteiger partial charge in [-0.15, -0.1) is 0 Å². The molecule has 0 fully saturated rings. The summed E-state index contributed by atoms with van der Waals surface area (Å²) in [5.74, 6) is -0.0809. The summed E-state index contributed by atoms with van der Waals surface area (Å²) in [5.41, 5.74) is 0. The van der Waals surface area contributed by atoms with E-state index < -0.39 is 6.04 Å². The van der Waals surface area contributed by atoms with Crippen LogP contribution in [0.15, 0.2) is 0 Å². The molecule has 1 N–H and O–H groups in total. The lowest BCUT2D eigenvalue weighted by Crippen LogP contribution is -2.48. The summed E-state index contributed by atoms with van der Waals surface area (Å²) in [7, 11) is 3.25. The molecule has 0 spiro atoms. The zero-order valence-electron chi connectivity index (χ0n) is 13.3. The van der Waals surface area contributed by atoms with E-state index in [-0.39, 0.29) is 24.2 Å². The van der Waals surface area contributed by atoms with Gasteiger partial charge in [0, 0.05) is 27.3 Å². The number of nitrogens with zero attached hydrogens (tertiary/aromatic N) is 1. The highest BCUT2D eigenvalue weighted by molar-refractivity contribution is 5.88. The number of nitrogens with one attached hydrogen (secondary N) is 1. The number of amides is 1. The number of carbonyl (C=O) groups excluding carboxylic acids is 2. The zero-order valence-corrected chi connectivity index (χ0v) is 13.3. The molecule has 6 nitrogen and oxygen atoms in total. The Kier molecular flexibility index (Phi) is 10.2. The highest BCUT2D eigenvalue weighted by Gasteiger charge is 2.21. The maximum Gasteiger partial charge on any atom is 0.234 e. The number of hydrogen-bond donors (Lipinski definition) is 1. The van der Waals surface area contributed by atoms with Gasteiger partial charge in [0.1, 0.15) is 0 Å². The summed E-state index contributed by atoms with van der Waals surface area (Å²) in [6.45, 7) is 7.98. The number of rotatable bonds is 11. The second-order valence-corrected chi connectivity index (χ2v) is 5.16. The predicted molar refractivity (Wildman–Crippen MR) is 77.6 cm³/mol. The van der Waals surface area contributed by atoms with Gasteiger partial charge in [-0.05, 0) is 12.8 Å². The second kappa shape index (κ2) is 10.8. The molecular formula is C14H28N2O4. The van der Waals surface area contributed by atoms with Crippen LogP contribution in [0.5, 0.6) is 0 Å². The van der Waals surface area contributed by atoms with Crippen LogP contribution in [-0.2, 0) is 19.1 Å². The van der Waals surface area contributed by atoms with E-state index in [0.29, 0.717) is 26.3 Å². The van der Waals surface area contributed by atoms with Gasteiger partial charge in [-0.25, -0.2) is 0 Å². The molecule has 0 bridgehead atoms. The van der Waals surface area contributed by atoms with Gasteiger partial charge in [0.2, 0.25) is 5.91 Å². The van der Waals surface area contributed by atoms with Crippen LogP contribution in [0.2, 0.25) is 0 Å². The van der Waals surface area contributed by atoms with Gasteiger partial charge in [0.25, 0.3) is 0 Å². The van der Waals surface area contributed by atoms with Crippen molar-refractivity contribution in [1.29, 1.82) is 0 Å². The summed E-state index contributed by atoms with van der Waals surface area (Å²) >= 11 is 0. The predicted octanol–water partition coefficient (Wildman–Crippen LogP) is 0.311. The Morgan fingerprint density at radius 2 is 1.60 bits per heavy atom. The van der Waals surface area contributed by atoms with Gasteiger partial charge >= 0.3 is 0 Å².